The summed E-state index contributed by atoms with van der Waals surface area (Å²) in [5.41, 5.74) is 1.22. The van der Waals surface area contributed by atoms with Gasteiger partial charge in [0.2, 0.25) is 0 Å². The highest BCUT2D eigenvalue weighted by Gasteiger charge is 2.23. The number of pyridine rings is 1. The number of hydrogen-bond donors (Lipinski definition) is 0. The maximum Gasteiger partial charge on any atom is 0.128 e. The predicted octanol–water partition coefficient (Wildman–Crippen LogP) is 2.77. The van der Waals surface area contributed by atoms with E-state index >= 15 is 0 Å². The molecule has 2 rings (SSSR count). The van der Waals surface area contributed by atoms with Crippen LogP contribution in [0.25, 0.3) is 0 Å². The highest BCUT2D eigenvalue weighted by molar-refractivity contribution is 9.10. The van der Waals surface area contributed by atoms with Crippen LogP contribution >= 0.6 is 15.9 Å². The Morgan fingerprint density at radius 1 is 1.38 bits per heavy atom. The first-order valence-corrected chi connectivity index (χ1v) is 6.38. The van der Waals surface area contributed by atoms with Gasteiger partial charge in [0.25, 0.3) is 0 Å². The van der Waals surface area contributed by atoms with E-state index in [1.54, 1.807) is 0 Å². The molecule has 1 aliphatic heterocycles. The van der Waals surface area contributed by atoms with Crippen molar-refractivity contribution in [3.05, 3.63) is 22.3 Å². The summed E-state index contributed by atoms with van der Waals surface area (Å²) >= 11 is 3.47. The minimum Gasteiger partial charge on any atom is -0.372 e. The molecule has 1 saturated heterocycles. The number of aryl methyl sites for hydroxylation is 1. The number of nitrogens with zero attached hydrogens (tertiary/aromatic N) is 2. The second-order valence-electron chi connectivity index (χ2n) is 4.45. The van der Waals surface area contributed by atoms with Gasteiger partial charge in [0.15, 0.2) is 0 Å². The molecule has 0 amide bonds. The van der Waals surface area contributed by atoms with E-state index in [-0.39, 0.29) is 12.2 Å². The Morgan fingerprint density at radius 3 is 2.56 bits per heavy atom. The van der Waals surface area contributed by atoms with Gasteiger partial charge in [0.1, 0.15) is 5.82 Å². The molecule has 16 heavy (non-hydrogen) atoms. The first kappa shape index (κ1) is 11.9. The van der Waals surface area contributed by atoms with Crippen molar-refractivity contribution in [2.45, 2.75) is 33.0 Å². The van der Waals surface area contributed by atoms with Crippen molar-refractivity contribution in [2.24, 2.45) is 0 Å². The average Bonchev–Trinajstić information content (AvgIpc) is 2.20. The van der Waals surface area contributed by atoms with Crippen LogP contribution in [0.1, 0.15) is 19.4 Å². The van der Waals surface area contributed by atoms with Gasteiger partial charge < -0.3 is 9.64 Å². The number of rotatable bonds is 1. The molecular weight excluding hydrogens is 268 g/mol. The van der Waals surface area contributed by atoms with Gasteiger partial charge in [-0.2, -0.15) is 0 Å². The van der Waals surface area contributed by atoms with E-state index in [2.05, 4.69) is 52.7 Å². The average molecular weight is 285 g/mol. The van der Waals surface area contributed by atoms with Crippen molar-refractivity contribution in [2.75, 3.05) is 18.0 Å². The zero-order valence-corrected chi connectivity index (χ0v) is 11.5. The summed E-state index contributed by atoms with van der Waals surface area (Å²) in [5.74, 6) is 1.04. The molecule has 0 unspecified atom stereocenters. The Labute approximate surface area is 105 Å². The molecule has 88 valence electrons. The molecular formula is C12H17BrN2O. The van der Waals surface area contributed by atoms with E-state index in [0.29, 0.717) is 0 Å². The van der Waals surface area contributed by atoms with Crippen molar-refractivity contribution in [3.63, 3.8) is 0 Å². The maximum atomic E-state index is 5.71. The van der Waals surface area contributed by atoms with Crippen LogP contribution in [0.15, 0.2) is 16.7 Å². The van der Waals surface area contributed by atoms with Gasteiger partial charge in [0, 0.05) is 23.8 Å². The molecule has 1 fully saturated rings. The first-order valence-electron chi connectivity index (χ1n) is 5.59. The molecule has 0 aliphatic carbocycles. The highest BCUT2D eigenvalue weighted by atomic mass is 79.9. The zero-order chi connectivity index (χ0) is 11.7. The summed E-state index contributed by atoms with van der Waals surface area (Å²) in [6.45, 7) is 8.13. The molecule has 4 heteroatoms. The number of aromatic nitrogens is 1. The van der Waals surface area contributed by atoms with Crippen molar-refractivity contribution >= 4 is 21.7 Å². The van der Waals surface area contributed by atoms with Crippen LogP contribution < -0.4 is 4.90 Å². The van der Waals surface area contributed by atoms with Crippen LogP contribution in [-0.2, 0) is 4.74 Å². The van der Waals surface area contributed by atoms with Crippen LogP contribution in [0.5, 0.6) is 0 Å². The van der Waals surface area contributed by atoms with Crippen LogP contribution in [0.2, 0.25) is 0 Å². The summed E-state index contributed by atoms with van der Waals surface area (Å²) < 4.78 is 6.77. The van der Waals surface area contributed by atoms with Crippen molar-refractivity contribution in [1.82, 2.24) is 4.98 Å². The minimum atomic E-state index is 0.273. The monoisotopic (exact) mass is 284 g/mol. The number of hydrogen-bond acceptors (Lipinski definition) is 3. The lowest BCUT2D eigenvalue weighted by Crippen LogP contribution is -2.45. The van der Waals surface area contributed by atoms with E-state index in [4.69, 9.17) is 4.74 Å². The summed E-state index contributed by atoms with van der Waals surface area (Å²) in [6.07, 6.45) is 2.42. The van der Waals surface area contributed by atoms with Gasteiger partial charge in [-0.15, -0.1) is 0 Å². The fraction of sp³-hybridized carbons (Fsp3) is 0.583. The minimum absolute atomic E-state index is 0.273. The molecule has 2 heterocycles. The van der Waals surface area contributed by atoms with E-state index in [1.165, 1.54) is 5.56 Å². The summed E-state index contributed by atoms with van der Waals surface area (Å²) in [7, 11) is 0. The molecule has 2 atom stereocenters. The third-order valence-corrected chi connectivity index (χ3v) is 3.61. The Bertz CT molecular complexity index is 373. The number of ether oxygens (including phenoxy) is 1. The number of halogens is 1. The van der Waals surface area contributed by atoms with E-state index < -0.39 is 0 Å². The van der Waals surface area contributed by atoms with Gasteiger partial charge in [-0.1, -0.05) is 0 Å². The highest BCUT2D eigenvalue weighted by Crippen LogP contribution is 2.22. The summed E-state index contributed by atoms with van der Waals surface area (Å²) in [5, 5.41) is 0. The largest absolute Gasteiger partial charge is 0.372 e. The molecule has 1 aliphatic rings. The molecule has 0 saturated carbocycles. The predicted molar refractivity (Wildman–Crippen MR) is 68.9 cm³/mol. The fourth-order valence-corrected chi connectivity index (χ4v) is 2.28. The summed E-state index contributed by atoms with van der Waals surface area (Å²) in [6, 6.07) is 2.12. The Morgan fingerprint density at radius 2 is 2.00 bits per heavy atom. The second-order valence-corrected chi connectivity index (χ2v) is 5.31. The van der Waals surface area contributed by atoms with E-state index in [1.807, 2.05) is 6.20 Å². The van der Waals surface area contributed by atoms with Crippen LogP contribution in [0, 0.1) is 6.92 Å². The van der Waals surface area contributed by atoms with Crippen LogP contribution in [0.4, 0.5) is 5.82 Å². The SMILES string of the molecule is Cc1cc(N2C[C@@H](C)O[C@@H](C)C2)ncc1Br. The van der Waals surface area contributed by atoms with Crippen molar-refractivity contribution < 1.29 is 4.74 Å². The van der Waals surface area contributed by atoms with Crippen molar-refractivity contribution in [1.29, 1.82) is 0 Å². The Kier molecular flexibility index (Phi) is 3.50. The number of anilines is 1. The Hall–Kier alpha value is -0.610. The molecule has 1 aromatic rings. The van der Waals surface area contributed by atoms with E-state index in [0.717, 1.165) is 23.4 Å². The fourth-order valence-electron chi connectivity index (χ4n) is 2.06. The van der Waals surface area contributed by atoms with Crippen LogP contribution in [0.3, 0.4) is 0 Å². The standard InChI is InChI=1S/C12H17BrN2O/c1-8-4-12(14-5-11(8)13)15-6-9(2)16-10(3)7-15/h4-5,9-10H,6-7H2,1-3H3/t9-,10+. The lowest BCUT2D eigenvalue weighted by atomic mass is 10.2. The maximum absolute atomic E-state index is 5.71. The molecule has 0 spiro atoms. The number of morpholine rings is 1. The topological polar surface area (TPSA) is 25.4 Å². The van der Waals surface area contributed by atoms with Gasteiger partial charge in [-0.05, 0) is 48.3 Å². The van der Waals surface area contributed by atoms with Crippen molar-refractivity contribution in [3.8, 4) is 0 Å². The lowest BCUT2D eigenvalue weighted by molar-refractivity contribution is -0.00546. The molecule has 0 bridgehead atoms. The second kappa shape index (κ2) is 4.72. The van der Waals surface area contributed by atoms with Gasteiger partial charge in [-0.3, -0.25) is 0 Å². The Balaban J connectivity index is 2.19. The smallest absolute Gasteiger partial charge is 0.128 e. The molecule has 1 aromatic heterocycles. The molecule has 3 nitrogen and oxygen atoms in total. The summed E-state index contributed by atoms with van der Waals surface area (Å²) in [4.78, 5) is 6.75. The molecule has 0 aromatic carbocycles. The molecule has 0 radical (unpaired) electrons. The lowest BCUT2D eigenvalue weighted by Gasteiger charge is -2.36. The van der Waals surface area contributed by atoms with Gasteiger partial charge in [-0.25, -0.2) is 4.98 Å². The molecule has 0 N–H and O–H groups in total. The quantitative estimate of drug-likeness (QED) is 0.793. The van der Waals surface area contributed by atoms with Crippen LogP contribution in [-0.4, -0.2) is 30.3 Å². The zero-order valence-electron chi connectivity index (χ0n) is 9.90. The normalized spacial score (nSPS) is 25.9. The third-order valence-electron chi connectivity index (χ3n) is 2.78. The third kappa shape index (κ3) is 2.55. The van der Waals surface area contributed by atoms with E-state index in [9.17, 15) is 0 Å². The van der Waals surface area contributed by atoms with Gasteiger partial charge >= 0.3 is 0 Å². The van der Waals surface area contributed by atoms with Gasteiger partial charge in [0.05, 0.1) is 12.2 Å². The first-order chi connectivity index (χ1) is 7.56.